The molecule has 706 valence electrons. The number of nitrogens with one attached hydrogen (secondary N) is 1. The number of rotatable bonds is 39. The summed E-state index contributed by atoms with van der Waals surface area (Å²) in [6.07, 6.45) is -37.8. The normalized spacial score (nSPS) is 29.8. The number of hydrogen-bond acceptors (Lipinski definition) is 30. The molecule has 6 saturated heterocycles. The van der Waals surface area contributed by atoms with Crippen LogP contribution in [0.3, 0.4) is 0 Å². The number of amides is 1. The number of fused-ring (bicyclic) bond motifs is 1. The van der Waals surface area contributed by atoms with Gasteiger partial charge < -0.3 is 115 Å². The molecule has 6 aliphatic rings. The lowest BCUT2D eigenvalue weighted by atomic mass is 9.93. The van der Waals surface area contributed by atoms with Crippen LogP contribution in [0.2, 0.25) is 0 Å². The summed E-state index contributed by atoms with van der Waals surface area (Å²) in [5.74, 6) is -4.38. The van der Waals surface area contributed by atoms with E-state index in [1.807, 2.05) is 121 Å². The third-order valence-corrected chi connectivity index (χ3v) is 22.9. The third-order valence-electron chi connectivity index (χ3n) is 22.9. The molecule has 0 aliphatic carbocycles. The van der Waals surface area contributed by atoms with E-state index in [1.165, 1.54) is 6.92 Å². The summed E-state index contributed by atoms with van der Waals surface area (Å²) >= 11 is 0. The van der Waals surface area contributed by atoms with Gasteiger partial charge in [-0.3, -0.25) is 9.59 Å². The maximum absolute atomic E-state index is 15.5. The molecule has 133 heavy (non-hydrogen) atoms. The fourth-order valence-corrected chi connectivity index (χ4v) is 16.4. The third kappa shape index (κ3) is 25.7. The zero-order chi connectivity index (χ0) is 93.3. The Labute approximate surface area is 769 Å². The summed E-state index contributed by atoms with van der Waals surface area (Å²) in [6.45, 7) is 7.41. The summed E-state index contributed by atoms with van der Waals surface area (Å²) in [5, 5.41) is 25.1. The van der Waals surface area contributed by atoms with E-state index in [-0.39, 0.29) is 51.8 Å². The Morgan fingerprint density at radius 2 is 0.857 bits per heavy atom. The van der Waals surface area contributed by atoms with Crippen molar-refractivity contribution < 1.29 is 133 Å². The molecular weight excluding hydrogens is 1720 g/mol. The van der Waals surface area contributed by atoms with Crippen LogP contribution in [0.5, 0.6) is 0 Å². The first kappa shape index (κ1) is 98.0. The summed E-state index contributed by atoms with van der Waals surface area (Å²) in [6, 6.07) is 67.0. The van der Waals surface area contributed by atoms with Crippen molar-refractivity contribution in [1.82, 2.24) is 5.32 Å². The van der Waals surface area contributed by atoms with E-state index in [0.717, 1.165) is 19.8 Å². The van der Waals surface area contributed by atoms with Crippen LogP contribution < -0.4 is 5.32 Å². The van der Waals surface area contributed by atoms with Crippen molar-refractivity contribution >= 4 is 29.8 Å². The van der Waals surface area contributed by atoms with Crippen LogP contribution in [-0.4, -0.2) is 228 Å². The van der Waals surface area contributed by atoms with Gasteiger partial charge in [-0.15, -0.1) is 0 Å². The van der Waals surface area contributed by atoms with Gasteiger partial charge in [-0.05, 0) is 91.2 Å². The van der Waals surface area contributed by atoms with Crippen molar-refractivity contribution in [3.8, 4) is 0 Å². The van der Waals surface area contributed by atoms with Crippen LogP contribution in [0.15, 0.2) is 253 Å². The van der Waals surface area contributed by atoms with Crippen LogP contribution >= 0.6 is 0 Å². The lowest BCUT2D eigenvalue weighted by molar-refractivity contribution is -0.387. The highest BCUT2D eigenvalue weighted by Crippen LogP contribution is 2.44. The van der Waals surface area contributed by atoms with Crippen molar-refractivity contribution in [2.24, 2.45) is 15.6 Å². The van der Waals surface area contributed by atoms with Gasteiger partial charge >= 0.3 is 23.9 Å². The van der Waals surface area contributed by atoms with Crippen LogP contribution in [0.1, 0.15) is 97.1 Å². The van der Waals surface area contributed by atoms with Gasteiger partial charge in [0.1, 0.15) is 110 Å². The van der Waals surface area contributed by atoms with Crippen LogP contribution in [-0.2, 0) is 163 Å². The topological polar surface area (TPSA) is 418 Å². The molecule has 0 spiro atoms. The van der Waals surface area contributed by atoms with Crippen molar-refractivity contribution in [2.75, 3.05) is 34.0 Å². The first-order chi connectivity index (χ1) is 64.6. The highest BCUT2D eigenvalue weighted by Gasteiger charge is 2.62. The Morgan fingerprint density at radius 1 is 0.451 bits per heavy atom. The van der Waals surface area contributed by atoms with Gasteiger partial charge in [-0.1, -0.05) is 241 Å². The lowest BCUT2D eigenvalue weighted by Gasteiger charge is -2.52. The molecule has 0 unspecified atom stereocenters. The number of carbonyl (C=O) groups is 5. The molecule has 0 bridgehead atoms. The Bertz CT molecular complexity index is 5080. The molecule has 0 radical (unpaired) electrons. The minimum absolute atomic E-state index is 0.00804. The molecular formula is C98H111N7O28. The fraction of sp³-hybridized carbons (Fsp3) is 0.459. The molecule has 14 rings (SSSR count). The maximum atomic E-state index is 15.5. The molecule has 35 nitrogen and oxygen atoms in total. The first-order valence-electron chi connectivity index (χ1n) is 44.0. The lowest BCUT2D eigenvalue weighted by Crippen LogP contribution is -2.70. The average molecular weight is 1830 g/mol. The predicted octanol–water partition coefficient (Wildman–Crippen LogP) is 12.2. The van der Waals surface area contributed by atoms with E-state index < -0.39 is 214 Å². The summed E-state index contributed by atoms with van der Waals surface area (Å²) in [4.78, 5) is 80.2. The second kappa shape index (κ2) is 47.7. The second-order valence-corrected chi connectivity index (χ2v) is 33.8. The molecule has 8 aromatic rings. The summed E-state index contributed by atoms with van der Waals surface area (Å²) in [7, 11) is 2.19. The Morgan fingerprint density at radius 3 is 1.35 bits per heavy atom. The average Bonchev–Trinajstić information content (AvgIpc) is 0.754. The van der Waals surface area contributed by atoms with Crippen molar-refractivity contribution in [3.05, 3.63) is 308 Å². The van der Waals surface area contributed by atoms with Crippen molar-refractivity contribution in [3.63, 3.8) is 0 Å². The quantitative estimate of drug-likeness (QED) is 0.0119. The Hall–Kier alpha value is -11.0. The number of aliphatic hydroxyl groups excluding tert-OH is 1. The SMILES string of the molecule is COC(=O)[C@@H]1O[C@@H](O[C@H]2[C@H](OCc3ccccc3)[C@@H](NC(C)=O)[C@@H](OC(C)C)O[C@@H]2COC(=O)c2ccccc2)[C@H](OC(=O)C(C)(C)C)[C@@H](OCc2ccccc2)[C@@H]1O[C@H]1O[C@H](COCc2ccccc2)[C@@H](O[C@@H]2O[C@@H](C(=O)OC)[C@@H](O[C@H]3O[C@@H]4CO[C@@H](c5ccccc5)O[C@H]4[C@H](OCc4ccccc4)[C@H]3N=[N+]=[N-])[C@H](OCc3ccccc3)[C@H]2O)[C@H](OCc2ccccc2)[C@H]1N=[N+]=[N-]. The first-order valence-corrected chi connectivity index (χ1v) is 44.0. The number of ether oxygens (including phenoxy) is 22. The molecule has 6 aliphatic heterocycles. The zero-order valence-electron chi connectivity index (χ0n) is 74.7. The molecule has 6 heterocycles. The predicted molar refractivity (Wildman–Crippen MR) is 470 cm³/mol. The molecule has 0 saturated carbocycles. The highest BCUT2D eigenvalue weighted by atomic mass is 16.8. The number of nitrogens with zero attached hydrogens (tertiary/aromatic N) is 6. The van der Waals surface area contributed by atoms with E-state index >= 15 is 14.4 Å². The zero-order valence-corrected chi connectivity index (χ0v) is 74.7. The maximum Gasteiger partial charge on any atom is 0.338 e. The van der Waals surface area contributed by atoms with Gasteiger partial charge in [0.15, 0.2) is 56.1 Å². The molecule has 8 aromatic carbocycles. The molecule has 2 N–H and O–H groups in total. The number of esters is 4. The fourth-order valence-electron chi connectivity index (χ4n) is 16.4. The summed E-state index contributed by atoms with van der Waals surface area (Å²) < 4.78 is 148. The number of carbonyl (C=O) groups excluding carboxylic acids is 5. The molecule has 0 aromatic heterocycles. The van der Waals surface area contributed by atoms with E-state index in [4.69, 9.17) is 104 Å². The van der Waals surface area contributed by atoms with Gasteiger partial charge in [-0.2, -0.15) is 0 Å². The number of benzene rings is 8. The van der Waals surface area contributed by atoms with E-state index in [2.05, 4.69) is 25.4 Å². The van der Waals surface area contributed by atoms with Crippen LogP contribution in [0, 0.1) is 5.41 Å². The van der Waals surface area contributed by atoms with E-state index in [9.17, 15) is 25.8 Å². The minimum atomic E-state index is -2.05. The van der Waals surface area contributed by atoms with E-state index in [0.29, 0.717) is 33.4 Å². The smallest absolute Gasteiger partial charge is 0.338 e. The number of azide groups is 2. The van der Waals surface area contributed by atoms with Crippen molar-refractivity contribution in [1.29, 1.82) is 0 Å². The molecule has 6 fully saturated rings. The Balaban J connectivity index is 0.861. The number of methoxy groups -OCH3 is 2. The van der Waals surface area contributed by atoms with Gasteiger partial charge in [0, 0.05) is 22.3 Å². The second-order valence-electron chi connectivity index (χ2n) is 33.8. The molecule has 26 atom stereocenters. The van der Waals surface area contributed by atoms with Crippen LogP contribution in [0.4, 0.5) is 0 Å². The highest BCUT2D eigenvalue weighted by molar-refractivity contribution is 5.89. The van der Waals surface area contributed by atoms with Crippen molar-refractivity contribution in [2.45, 2.75) is 247 Å². The Kier molecular flexibility index (Phi) is 35.2. The standard InChI is InChI=1S/C98H111N7O28/c1-58(2)122-92-71(101-59(3)106)78(115-50-61-35-19-10-20-36-61)76(69(124-92)56-120-88(108)66-45-29-15-30-46-66)128-96-87(133-97(111)98(4,5)6)82(119-54-65-43-27-14-28-44-65)84(86(132-96)90(110)113-8)130-93-72(102-104-99)79(116-51-62-37-21-11-22-38-62)75(68(123-93)55-114-49-60-33-17-9-18-34-60)127-95-74(107)81(118-53-64-41-25-13-26-42-64)83(85(131-95)89(109)112-7)129-94-73(103-105-100)80(117-52-63-39-23-12-24-40-63)77-70(125-94)57-121-91(126-77)67-47-31-16-32-48-67/h9-48,58,68-87,91-96,107H,49-57H2,1-8H3,(H,101,106)/t68-,69-,70-,71-,72-,73-,74-,75-,76-,77-,78-,79-,80-,81-,82+,83+,84+,85-,86-,87-,91-,92+,93-,94-,95-,96-/m1/s1. The number of hydrogen-bond donors (Lipinski definition) is 2. The van der Waals surface area contributed by atoms with Gasteiger partial charge in [0.25, 0.3) is 0 Å². The minimum Gasteiger partial charge on any atom is -0.467 e. The summed E-state index contributed by atoms with van der Waals surface area (Å²) in [5.41, 5.74) is 25.1. The largest absolute Gasteiger partial charge is 0.467 e. The van der Waals surface area contributed by atoms with Crippen LogP contribution in [0.25, 0.3) is 20.9 Å². The van der Waals surface area contributed by atoms with E-state index in [1.54, 1.807) is 156 Å². The van der Waals surface area contributed by atoms with Gasteiger partial charge in [0.2, 0.25) is 5.91 Å². The van der Waals surface area contributed by atoms with Gasteiger partial charge in [-0.25, -0.2) is 14.4 Å². The number of aliphatic hydroxyl groups is 1. The molecule has 35 heteroatoms. The van der Waals surface area contributed by atoms with Gasteiger partial charge in [0.05, 0.1) is 84.2 Å². The monoisotopic (exact) mass is 1830 g/mol. The molecule has 1 amide bonds.